The molecule has 6 heteroatoms. The summed E-state index contributed by atoms with van der Waals surface area (Å²) in [6.45, 7) is 0.411. The van der Waals surface area contributed by atoms with E-state index in [-0.39, 0.29) is 25.0 Å². The molecule has 0 unspecified atom stereocenters. The summed E-state index contributed by atoms with van der Waals surface area (Å²) in [6, 6.07) is 5.04. The van der Waals surface area contributed by atoms with E-state index in [1.165, 1.54) is 9.80 Å². The molecule has 0 spiro atoms. The molecule has 2 rings (SSSR count). The normalized spacial score (nSPS) is 15.9. The van der Waals surface area contributed by atoms with Crippen molar-refractivity contribution in [3.63, 3.8) is 0 Å². The molecule has 2 N–H and O–H groups in total. The van der Waals surface area contributed by atoms with Crippen LogP contribution in [0.25, 0.3) is 0 Å². The van der Waals surface area contributed by atoms with Crippen LogP contribution in [0.1, 0.15) is 5.56 Å². The Morgan fingerprint density at radius 3 is 2.65 bits per heavy atom. The van der Waals surface area contributed by atoms with E-state index in [0.29, 0.717) is 5.69 Å². The molecule has 0 aromatic heterocycles. The smallest absolute Gasteiger partial charge is 0.327 e. The second-order valence-corrected chi connectivity index (χ2v) is 4.82. The van der Waals surface area contributed by atoms with Gasteiger partial charge in [0.05, 0.1) is 6.54 Å². The van der Waals surface area contributed by atoms with Gasteiger partial charge in [0.15, 0.2) is 0 Å². The zero-order valence-corrected chi connectivity index (χ0v) is 10.9. The Morgan fingerprint density at radius 1 is 1.41 bits per heavy atom. The molecular formula is C11H12BrN3O2. The van der Waals surface area contributed by atoms with Crippen molar-refractivity contribution in [3.8, 4) is 0 Å². The second kappa shape index (κ2) is 4.37. The summed E-state index contributed by atoms with van der Waals surface area (Å²) < 4.78 is 0.799. The molecule has 1 aromatic carbocycles. The zero-order valence-electron chi connectivity index (χ0n) is 9.31. The van der Waals surface area contributed by atoms with Gasteiger partial charge in [0, 0.05) is 17.2 Å². The summed E-state index contributed by atoms with van der Waals surface area (Å²) in [5, 5.41) is 0. The van der Waals surface area contributed by atoms with Crippen LogP contribution in [0.4, 0.5) is 10.5 Å². The number of nitrogen functional groups attached to an aromatic ring is 1. The van der Waals surface area contributed by atoms with E-state index in [9.17, 15) is 9.59 Å². The van der Waals surface area contributed by atoms with Gasteiger partial charge < -0.3 is 10.6 Å². The van der Waals surface area contributed by atoms with Crippen molar-refractivity contribution in [2.75, 3.05) is 19.3 Å². The number of benzene rings is 1. The number of imide groups is 1. The van der Waals surface area contributed by atoms with Gasteiger partial charge in [-0.25, -0.2) is 4.79 Å². The van der Waals surface area contributed by atoms with E-state index in [1.807, 2.05) is 0 Å². The van der Waals surface area contributed by atoms with Gasteiger partial charge in [0.25, 0.3) is 5.91 Å². The predicted octanol–water partition coefficient (Wildman–Crippen LogP) is 1.43. The van der Waals surface area contributed by atoms with E-state index in [1.54, 1.807) is 25.2 Å². The largest absolute Gasteiger partial charge is 0.399 e. The molecule has 5 nitrogen and oxygen atoms in total. The molecule has 0 aliphatic carbocycles. The van der Waals surface area contributed by atoms with Crippen LogP contribution in [-0.2, 0) is 11.3 Å². The molecule has 0 bridgehead atoms. The first kappa shape index (κ1) is 11.9. The SMILES string of the molecule is CN1CC(=O)N(Cc2ccc(N)cc2Br)C1=O. The molecule has 1 heterocycles. The molecule has 0 atom stereocenters. The molecule has 17 heavy (non-hydrogen) atoms. The molecule has 1 fully saturated rings. The van der Waals surface area contributed by atoms with Gasteiger partial charge in [0.1, 0.15) is 6.54 Å². The monoisotopic (exact) mass is 297 g/mol. The van der Waals surface area contributed by atoms with E-state index < -0.39 is 0 Å². The van der Waals surface area contributed by atoms with Crippen molar-refractivity contribution in [2.45, 2.75) is 6.54 Å². The summed E-state index contributed by atoms with van der Waals surface area (Å²) in [7, 11) is 1.61. The van der Waals surface area contributed by atoms with Crippen molar-refractivity contribution in [3.05, 3.63) is 28.2 Å². The van der Waals surface area contributed by atoms with Crippen LogP contribution in [0.15, 0.2) is 22.7 Å². The van der Waals surface area contributed by atoms with E-state index in [2.05, 4.69) is 15.9 Å². The summed E-state index contributed by atoms with van der Waals surface area (Å²) >= 11 is 3.37. The van der Waals surface area contributed by atoms with Crippen molar-refractivity contribution in [1.29, 1.82) is 0 Å². The Balaban J connectivity index is 2.21. The van der Waals surface area contributed by atoms with Crippen LogP contribution >= 0.6 is 15.9 Å². The molecule has 0 saturated carbocycles. The van der Waals surface area contributed by atoms with Gasteiger partial charge >= 0.3 is 6.03 Å². The van der Waals surface area contributed by atoms with Crippen molar-refractivity contribution in [2.24, 2.45) is 0 Å². The maximum Gasteiger partial charge on any atom is 0.327 e. The quantitative estimate of drug-likeness (QED) is 0.663. The number of hydrogen-bond acceptors (Lipinski definition) is 3. The Bertz CT molecular complexity index is 490. The first-order valence-corrected chi connectivity index (χ1v) is 5.87. The standard InChI is InChI=1S/C11H12BrN3O2/c1-14-6-10(16)15(11(14)17)5-7-2-3-8(13)4-9(7)12/h2-4H,5-6,13H2,1H3. The Kier molecular flexibility index (Phi) is 3.06. The Morgan fingerprint density at radius 2 is 2.12 bits per heavy atom. The van der Waals surface area contributed by atoms with Crippen molar-refractivity contribution >= 4 is 33.6 Å². The van der Waals surface area contributed by atoms with Crippen LogP contribution in [0, 0.1) is 0 Å². The number of rotatable bonds is 2. The molecular weight excluding hydrogens is 286 g/mol. The maximum absolute atomic E-state index is 11.7. The van der Waals surface area contributed by atoms with Crippen LogP contribution in [-0.4, -0.2) is 35.3 Å². The van der Waals surface area contributed by atoms with Gasteiger partial charge in [-0.3, -0.25) is 9.69 Å². The fourth-order valence-electron chi connectivity index (χ4n) is 1.69. The molecule has 1 aliphatic heterocycles. The number of carbonyl (C=O) groups is 2. The maximum atomic E-state index is 11.7. The van der Waals surface area contributed by atoms with Gasteiger partial charge in [-0.2, -0.15) is 0 Å². The Labute approximate surface area is 107 Å². The summed E-state index contributed by atoms with van der Waals surface area (Å²) in [5.41, 5.74) is 7.12. The topological polar surface area (TPSA) is 66.6 Å². The van der Waals surface area contributed by atoms with Crippen molar-refractivity contribution < 1.29 is 9.59 Å². The lowest BCUT2D eigenvalue weighted by atomic mass is 10.2. The number of anilines is 1. The first-order chi connectivity index (χ1) is 7.99. The third-order valence-electron chi connectivity index (χ3n) is 2.64. The molecule has 90 valence electrons. The number of hydrogen-bond donors (Lipinski definition) is 1. The fourth-order valence-corrected chi connectivity index (χ4v) is 2.21. The van der Waals surface area contributed by atoms with E-state index in [4.69, 9.17) is 5.73 Å². The lowest BCUT2D eigenvalue weighted by molar-refractivity contribution is -0.125. The average molecular weight is 298 g/mol. The third-order valence-corrected chi connectivity index (χ3v) is 3.37. The Hall–Kier alpha value is -1.56. The third kappa shape index (κ3) is 2.26. The number of nitrogens with two attached hydrogens (primary N) is 1. The van der Waals surface area contributed by atoms with Crippen LogP contribution in [0.2, 0.25) is 0 Å². The van der Waals surface area contributed by atoms with Gasteiger partial charge in [-0.1, -0.05) is 22.0 Å². The minimum atomic E-state index is -0.265. The minimum absolute atomic E-state index is 0.144. The number of amides is 3. The van der Waals surface area contributed by atoms with E-state index >= 15 is 0 Å². The van der Waals surface area contributed by atoms with E-state index in [0.717, 1.165) is 10.0 Å². The van der Waals surface area contributed by atoms with Gasteiger partial charge in [-0.05, 0) is 17.7 Å². The predicted molar refractivity (Wildman–Crippen MR) is 67.1 cm³/mol. The highest BCUT2D eigenvalue weighted by Crippen LogP contribution is 2.23. The summed E-state index contributed by atoms with van der Waals surface area (Å²) in [5.74, 6) is -0.179. The highest BCUT2D eigenvalue weighted by Gasteiger charge is 2.33. The number of urea groups is 1. The number of halogens is 1. The second-order valence-electron chi connectivity index (χ2n) is 3.97. The fraction of sp³-hybridized carbons (Fsp3) is 0.273. The summed E-state index contributed by atoms with van der Waals surface area (Å²) in [6.07, 6.45) is 0. The number of carbonyl (C=O) groups excluding carboxylic acids is 2. The molecule has 3 amide bonds. The molecule has 1 saturated heterocycles. The molecule has 1 aromatic rings. The van der Waals surface area contributed by atoms with Crippen molar-refractivity contribution in [1.82, 2.24) is 9.80 Å². The zero-order chi connectivity index (χ0) is 12.6. The molecule has 0 radical (unpaired) electrons. The van der Waals surface area contributed by atoms with Crippen LogP contribution in [0.5, 0.6) is 0 Å². The highest BCUT2D eigenvalue weighted by molar-refractivity contribution is 9.10. The lowest BCUT2D eigenvalue weighted by Crippen LogP contribution is -2.31. The lowest BCUT2D eigenvalue weighted by Gasteiger charge is -2.15. The average Bonchev–Trinajstić information content (AvgIpc) is 2.48. The van der Waals surface area contributed by atoms with Gasteiger partial charge in [0.2, 0.25) is 0 Å². The van der Waals surface area contributed by atoms with Crippen LogP contribution in [0.3, 0.4) is 0 Å². The highest BCUT2D eigenvalue weighted by atomic mass is 79.9. The van der Waals surface area contributed by atoms with Crippen LogP contribution < -0.4 is 5.73 Å². The minimum Gasteiger partial charge on any atom is -0.399 e. The number of likely N-dealkylation sites (N-methyl/N-ethyl adjacent to an activating group) is 1. The first-order valence-electron chi connectivity index (χ1n) is 5.08. The number of nitrogens with zero attached hydrogens (tertiary/aromatic N) is 2. The van der Waals surface area contributed by atoms with Gasteiger partial charge in [-0.15, -0.1) is 0 Å². The summed E-state index contributed by atoms with van der Waals surface area (Å²) in [4.78, 5) is 25.9. The molecule has 1 aliphatic rings.